The molecule has 5 nitrogen and oxygen atoms in total. The fraction of sp³-hybridized carbons (Fsp3) is 0.615. The lowest BCUT2D eigenvalue weighted by Gasteiger charge is -2.16. The molecule has 1 aliphatic carbocycles. The maximum atomic E-state index is 11.9. The molecule has 0 bridgehead atoms. The number of carbonyl (C=O) groups is 2. The number of hydrogen-bond donors (Lipinski definition) is 2. The number of thiazole rings is 1. The van der Waals surface area contributed by atoms with E-state index >= 15 is 0 Å². The zero-order valence-corrected chi connectivity index (χ0v) is 11.8. The molecule has 0 spiro atoms. The van der Waals surface area contributed by atoms with Gasteiger partial charge in [0.1, 0.15) is 6.04 Å². The standard InChI is InChI=1S/C13H19N3O2S/c1-9(16-13(18)10-4-2-3-5-10)12(17)14-6-11-7-19-8-15-11/h7-10H,2-6H2,1H3,(H,14,17)(H,16,18)/t9-/m1/s1. The van der Waals surface area contributed by atoms with Crippen molar-refractivity contribution in [3.63, 3.8) is 0 Å². The molecule has 104 valence electrons. The number of amides is 2. The largest absolute Gasteiger partial charge is 0.349 e. The van der Waals surface area contributed by atoms with Gasteiger partial charge in [0.25, 0.3) is 0 Å². The summed E-state index contributed by atoms with van der Waals surface area (Å²) < 4.78 is 0. The first-order chi connectivity index (χ1) is 9.16. The van der Waals surface area contributed by atoms with Crippen LogP contribution in [0.1, 0.15) is 38.3 Å². The van der Waals surface area contributed by atoms with E-state index in [0.29, 0.717) is 6.54 Å². The first-order valence-corrected chi connectivity index (χ1v) is 7.56. The van der Waals surface area contributed by atoms with E-state index in [1.54, 1.807) is 12.4 Å². The Hall–Kier alpha value is -1.43. The van der Waals surface area contributed by atoms with Gasteiger partial charge in [0.2, 0.25) is 11.8 Å². The Bertz CT molecular complexity index is 427. The molecule has 1 aromatic heterocycles. The van der Waals surface area contributed by atoms with Crippen LogP contribution in [0.25, 0.3) is 0 Å². The lowest BCUT2D eigenvalue weighted by molar-refractivity contribution is -0.130. The van der Waals surface area contributed by atoms with Gasteiger partial charge >= 0.3 is 0 Å². The van der Waals surface area contributed by atoms with Crippen molar-refractivity contribution in [2.24, 2.45) is 5.92 Å². The van der Waals surface area contributed by atoms with E-state index < -0.39 is 6.04 Å². The fourth-order valence-corrected chi connectivity index (χ4v) is 2.80. The van der Waals surface area contributed by atoms with Gasteiger partial charge in [-0.2, -0.15) is 0 Å². The zero-order chi connectivity index (χ0) is 13.7. The molecule has 6 heteroatoms. The molecule has 2 rings (SSSR count). The lowest BCUT2D eigenvalue weighted by Crippen LogP contribution is -2.46. The summed E-state index contributed by atoms with van der Waals surface area (Å²) in [6, 6.07) is -0.494. The van der Waals surface area contributed by atoms with Crippen LogP contribution in [0.4, 0.5) is 0 Å². The molecule has 0 radical (unpaired) electrons. The normalized spacial score (nSPS) is 17.1. The predicted molar refractivity (Wildman–Crippen MR) is 73.5 cm³/mol. The summed E-state index contributed by atoms with van der Waals surface area (Å²) in [5, 5.41) is 7.45. The van der Waals surface area contributed by atoms with Crippen LogP contribution in [-0.2, 0) is 16.1 Å². The Morgan fingerprint density at radius 2 is 2.21 bits per heavy atom. The second-order valence-corrected chi connectivity index (χ2v) is 5.63. The van der Waals surface area contributed by atoms with Crippen molar-refractivity contribution in [3.05, 3.63) is 16.6 Å². The third-order valence-corrected chi connectivity index (χ3v) is 4.04. The highest BCUT2D eigenvalue weighted by Crippen LogP contribution is 2.24. The monoisotopic (exact) mass is 281 g/mol. The molecule has 1 heterocycles. The first-order valence-electron chi connectivity index (χ1n) is 6.62. The first kappa shape index (κ1) is 14.0. The van der Waals surface area contributed by atoms with Gasteiger partial charge in [-0.05, 0) is 19.8 Å². The number of rotatable bonds is 5. The fourth-order valence-electron chi connectivity index (χ4n) is 2.24. The summed E-state index contributed by atoms with van der Waals surface area (Å²) in [4.78, 5) is 27.8. The summed E-state index contributed by atoms with van der Waals surface area (Å²) in [6.45, 7) is 2.12. The molecule has 1 aromatic rings. The summed E-state index contributed by atoms with van der Waals surface area (Å²) in [5.41, 5.74) is 2.57. The molecule has 0 aliphatic heterocycles. The minimum atomic E-state index is -0.494. The van der Waals surface area contributed by atoms with Gasteiger partial charge in [-0.15, -0.1) is 11.3 Å². The average Bonchev–Trinajstić information content (AvgIpc) is 3.08. The zero-order valence-electron chi connectivity index (χ0n) is 11.0. The number of nitrogens with one attached hydrogen (secondary N) is 2. The molecule has 2 N–H and O–H groups in total. The summed E-state index contributed by atoms with van der Waals surface area (Å²) >= 11 is 1.49. The summed E-state index contributed by atoms with van der Waals surface area (Å²) in [6.07, 6.45) is 4.11. The van der Waals surface area contributed by atoms with Crippen molar-refractivity contribution in [2.45, 2.75) is 45.2 Å². The lowest BCUT2D eigenvalue weighted by atomic mass is 10.1. The van der Waals surface area contributed by atoms with Crippen LogP contribution in [0.5, 0.6) is 0 Å². The highest BCUT2D eigenvalue weighted by atomic mass is 32.1. The molecular weight excluding hydrogens is 262 g/mol. The Labute approximate surface area is 116 Å². The van der Waals surface area contributed by atoms with Crippen LogP contribution in [-0.4, -0.2) is 22.8 Å². The molecular formula is C13H19N3O2S. The molecule has 1 fully saturated rings. The summed E-state index contributed by atoms with van der Waals surface area (Å²) in [7, 11) is 0. The van der Waals surface area contributed by atoms with Gasteiger partial charge in [0.15, 0.2) is 0 Å². The second kappa shape index (κ2) is 6.65. The quantitative estimate of drug-likeness (QED) is 0.858. The Morgan fingerprint density at radius 3 is 2.84 bits per heavy atom. The van der Waals surface area contributed by atoms with Crippen molar-refractivity contribution in [2.75, 3.05) is 0 Å². The van der Waals surface area contributed by atoms with Gasteiger partial charge in [-0.1, -0.05) is 12.8 Å². The van der Waals surface area contributed by atoms with Crippen molar-refractivity contribution in [3.8, 4) is 0 Å². The van der Waals surface area contributed by atoms with E-state index in [9.17, 15) is 9.59 Å². The number of nitrogens with zero attached hydrogens (tertiary/aromatic N) is 1. The Kier molecular flexibility index (Phi) is 4.90. The molecule has 0 aromatic carbocycles. The van der Waals surface area contributed by atoms with Gasteiger partial charge in [0, 0.05) is 11.3 Å². The number of hydrogen-bond acceptors (Lipinski definition) is 4. The smallest absolute Gasteiger partial charge is 0.242 e. The van der Waals surface area contributed by atoms with E-state index in [2.05, 4.69) is 15.6 Å². The van der Waals surface area contributed by atoms with E-state index in [-0.39, 0.29) is 17.7 Å². The SMILES string of the molecule is C[C@@H](NC(=O)C1CCCC1)C(=O)NCc1cscn1. The van der Waals surface area contributed by atoms with E-state index in [1.807, 2.05) is 5.38 Å². The highest BCUT2D eigenvalue weighted by Gasteiger charge is 2.25. The molecule has 0 unspecified atom stereocenters. The second-order valence-electron chi connectivity index (χ2n) is 4.91. The van der Waals surface area contributed by atoms with Gasteiger partial charge in [-0.3, -0.25) is 9.59 Å². The summed E-state index contributed by atoms with van der Waals surface area (Å²) in [5.74, 6) is -0.0676. The third kappa shape index (κ3) is 4.02. The topological polar surface area (TPSA) is 71.1 Å². The van der Waals surface area contributed by atoms with Crippen LogP contribution in [0.15, 0.2) is 10.9 Å². The van der Waals surface area contributed by atoms with Crippen LogP contribution in [0.3, 0.4) is 0 Å². The number of carbonyl (C=O) groups excluding carboxylic acids is 2. The van der Waals surface area contributed by atoms with E-state index in [4.69, 9.17) is 0 Å². The van der Waals surface area contributed by atoms with Crippen LogP contribution in [0.2, 0.25) is 0 Å². The number of aromatic nitrogens is 1. The maximum absolute atomic E-state index is 11.9. The Morgan fingerprint density at radius 1 is 1.47 bits per heavy atom. The van der Waals surface area contributed by atoms with Crippen LogP contribution < -0.4 is 10.6 Å². The molecule has 2 amide bonds. The van der Waals surface area contributed by atoms with Gasteiger partial charge in [-0.25, -0.2) is 4.98 Å². The molecule has 0 saturated heterocycles. The third-order valence-electron chi connectivity index (χ3n) is 3.41. The average molecular weight is 281 g/mol. The van der Waals surface area contributed by atoms with Crippen molar-refractivity contribution >= 4 is 23.2 Å². The van der Waals surface area contributed by atoms with Crippen LogP contribution >= 0.6 is 11.3 Å². The van der Waals surface area contributed by atoms with Crippen molar-refractivity contribution in [1.82, 2.24) is 15.6 Å². The van der Waals surface area contributed by atoms with Crippen LogP contribution in [0, 0.1) is 5.92 Å². The molecule has 19 heavy (non-hydrogen) atoms. The van der Waals surface area contributed by atoms with Gasteiger partial charge < -0.3 is 10.6 Å². The van der Waals surface area contributed by atoms with Crippen molar-refractivity contribution in [1.29, 1.82) is 0 Å². The molecule has 1 atom stereocenters. The van der Waals surface area contributed by atoms with Crippen molar-refractivity contribution < 1.29 is 9.59 Å². The molecule has 1 saturated carbocycles. The van der Waals surface area contributed by atoms with Gasteiger partial charge in [0.05, 0.1) is 17.7 Å². The minimum Gasteiger partial charge on any atom is -0.349 e. The highest BCUT2D eigenvalue weighted by molar-refractivity contribution is 7.07. The predicted octanol–water partition coefficient (Wildman–Crippen LogP) is 1.45. The van der Waals surface area contributed by atoms with E-state index in [0.717, 1.165) is 31.4 Å². The minimum absolute atomic E-state index is 0.00816. The van der Waals surface area contributed by atoms with E-state index in [1.165, 1.54) is 11.3 Å². The molecule has 1 aliphatic rings. The Balaban J connectivity index is 1.73. The maximum Gasteiger partial charge on any atom is 0.242 e.